The van der Waals surface area contributed by atoms with Gasteiger partial charge in [0.05, 0.1) is 11.7 Å². The topological polar surface area (TPSA) is 64.2 Å². The number of likely N-dealkylation sites (N-methyl/N-ethyl adjacent to an activating group) is 1. The van der Waals surface area contributed by atoms with Crippen molar-refractivity contribution in [1.82, 2.24) is 14.7 Å². The molecule has 0 aliphatic heterocycles. The summed E-state index contributed by atoms with van der Waals surface area (Å²) in [4.78, 5) is 13.9. The molecule has 1 aliphatic carbocycles. The van der Waals surface area contributed by atoms with Crippen LogP contribution in [0.25, 0.3) is 0 Å². The Kier molecular flexibility index (Phi) is 2.95. The molecule has 1 heterocycles. The van der Waals surface area contributed by atoms with Crippen molar-refractivity contribution in [3.8, 4) is 0 Å². The summed E-state index contributed by atoms with van der Waals surface area (Å²) in [7, 11) is 3.66. The van der Waals surface area contributed by atoms with Gasteiger partial charge in [-0.25, -0.2) is 0 Å². The van der Waals surface area contributed by atoms with Crippen LogP contribution in [0.1, 0.15) is 25.3 Å². The lowest BCUT2D eigenvalue weighted by Crippen LogP contribution is -2.53. The number of hydrogen-bond acceptors (Lipinski definition) is 3. The number of aromatic nitrogens is 2. The molecule has 1 aliphatic rings. The summed E-state index contributed by atoms with van der Waals surface area (Å²) in [5.74, 6) is 0.371. The molecule has 0 radical (unpaired) electrons. The molecule has 1 unspecified atom stereocenters. The minimum atomic E-state index is -0.711. The van der Waals surface area contributed by atoms with E-state index in [-0.39, 0.29) is 5.91 Å². The largest absolute Gasteiger partial charge is 0.340 e. The molecule has 5 nitrogen and oxygen atoms in total. The molecule has 1 aromatic rings. The quantitative estimate of drug-likeness (QED) is 0.828. The van der Waals surface area contributed by atoms with Crippen molar-refractivity contribution >= 4 is 5.91 Å². The Morgan fingerprint density at radius 1 is 1.71 bits per heavy atom. The number of aryl methyl sites for hydroxylation is 1. The lowest BCUT2D eigenvalue weighted by Gasteiger charge is -2.29. The zero-order valence-electron chi connectivity index (χ0n) is 10.7. The highest BCUT2D eigenvalue weighted by Gasteiger charge is 2.45. The van der Waals surface area contributed by atoms with E-state index < -0.39 is 5.54 Å². The van der Waals surface area contributed by atoms with Gasteiger partial charge in [-0.2, -0.15) is 5.10 Å². The van der Waals surface area contributed by atoms with Gasteiger partial charge < -0.3 is 10.6 Å². The molecule has 0 spiro atoms. The van der Waals surface area contributed by atoms with Crippen molar-refractivity contribution < 1.29 is 4.79 Å². The normalized spacial score (nSPS) is 18.8. The van der Waals surface area contributed by atoms with Gasteiger partial charge in [0.1, 0.15) is 0 Å². The maximum atomic E-state index is 12.2. The van der Waals surface area contributed by atoms with Gasteiger partial charge in [0.2, 0.25) is 5.91 Å². The van der Waals surface area contributed by atoms with Crippen LogP contribution >= 0.6 is 0 Å². The highest BCUT2D eigenvalue weighted by Crippen LogP contribution is 2.38. The van der Waals surface area contributed by atoms with E-state index in [0.29, 0.717) is 12.5 Å². The lowest BCUT2D eigenvalue weighted by atomic mass is 9.95. The van der Waals surface area contributed by atoms with Crippen LogP contribution in [0.15, 0.2) is 12.4 Å². The zero-order valence-corrected chi connectivity index (χ0v) is 10.7. The SMILES string of the molecule is CN(Cc1cnn(C)c1)C(=O)C(C)(N)C1CC1. The fourth-order valence-electron chi connectivity index (χ4n) is 2.17. The molecule has 2 N–H and O–H groups in total. The predicted octanol–water partition coefficient (Wildman–Crippen LogP) is 0.506. The number of rotatable bonds is 4. The summed E-state index contributed by atoms with van der Waals surface area (Å²) >= 11 is 0. The van der Waals surface area contributed by atoms with Gasteiger partial charge in [-0.1, -0.05) is 0 Å². The Morgan fingerprint density at radius 2 is 2.35 bits per heavy atom. The number of amides is 1. The molecule has 5 heteroatoms. The van der Waals surface area contributed by atoms with Gasteiger partial charge in [0.25, 0.3) is 0 Å². The molecule has 17 heavy (non-hydrogen) atoms. The van der Waals surface area contributed by atoms with Gasteiger partial charge >= 0.3 is 0 Å². The van der Waals surface area contributed by atoms with Gasteiger partial charge in [-0.3, -0.25) is 9.48 Å². The van der Waals surface area contributed by atoms with Crippen LogP contribution in [0, 0.1) is 5.92 Å². The van der Waals surface area contributed by atoms with Crippen LogP contribution in [0.4, 0.5) is 0 Å². The van der Waals surface area contributed by atoms with Crippen LogP contribution in [-0.4, -0.2) is 33.2 Å². The molecule has 1 saturated carbocycles. The first kappa shape index (κ1) is 12.1. The van der Waals surface area contributed by atoms with E-state index in [2.05, 4.69) is 5.10 Å². The van der Waals surface area contributed by atoms with E-state index in [9.17, 15) is 4.79 Å². The van der Waals surface area contributed by atoms with Gasteiger partial charge in [-0.15, -0.1) is 0 Å². The average molecular weight is 236 g/mol. The molecule has 94 valence electrons. The minimum Gasteiger partial charge on any atom is -0.340 e. The predicted molar refractivity (Wildman–Crippen MR) is 65.0 cm³/mol. The van der Waals surface area contributed by atoms with Gasteiger partial charge in [0, 0.05) is 32.4 Å². The molecule has 0 bridgehead atoms. The average Bonchev–Trinajstić information content (AvgIpc) is 3.03. The molecule has 1 fully saturated rings. The lowest BCUT2D eigenvalue weighted by molar-refractivity contribution is -0.136. The molecule has 2 rings (SSSR count). The maximum Gasteiger partial charge on any atom is 0.242 e. The minimum absolute atomic E-state index is 0.0175. The number of hydrogen-bond donors (Lipinski definition) is 1. The Labute approximate surface area is 102 Å². The van der Waals surface area contributed by atoms with E-state index >= 15 is 0 Å². The zero-order chi connectivity index (χ0) is 12.6. The third-order valence-corrected chi connectivity index (χ3v) is 3.41. The van der Waals surface area contributed by atoms with Crippen molar-refractivity contribution in [2.24, 2.45) is 18.7 Å². The van der Waals surface area contributed by atoms with Crippen LogP contribution in [0.3, 0.4) is 0 Å². The molecule has 1 amide bonds. The Morgan fingerprint density at radius 3 is 2.82 bits per heavy atom. The summed E-state index contributed by atoms with van der Waals surface area (Å²) in [6, 6.07) is 0. The van der Waals surface area contributed by atoms with Crippen molar-refractivity contribution in [2.45, 2.75) is 31.8 Å². The second kappa shape index (κ2) is 4.14. The molecular formula is C12H20N4O. The van der Waals surface area contributed by atoms with E-state index in [1.54, 1.807) is 22.8 Å². The monoisotopic (exact) mass is 236 g/mol. The molecular weight excluding hydrogens is 216 g/mol. The number of carbonyl (C=O) groups excluding carboxylic acids is 1. The van der Waals surface area contributed by atoms with Gasteiger partial charge in [-0.05, 0) is 25.7 Å². The van der Waals surface area contributed by atoms with Crippen molar-refractivity contribution in [3.63, 3.8) is 0 Å². The van der Waals surface area contributed by atoms with E-state index in [4.69, 9.17) is 5.73 Å². The van der Waals surface area contributed by atoms with Crippen molar-refractivity contribution in [1.29, 1.82) is 0 Å². The highest BCUT2D eigenvalue weighted by atomic mass is 16.2. The van der Waals surface area contributed by atoms with Crippen molar-refractivity contribution in [2.75, 3.05) is 7.05 Å². The molecule has 0 saturated heterocycles. The third-order valence-electron chi connectivity index (χ3n) is 3.41. The fourth-order valence-corrected chi connectivity index (χ4v) is 2.17. The summed E-state index contributed by atoms with van der Waals surface area (Å²) in [6.07, 6.45) is 5.82. The summed E-state index contributed by atoms with van der Waals surface area (Å²) in [6.45, 7) is 2.40. The molecule has 1 atom stereocenters. The van der Waals surface area contributed by atoms with E-state index in [1.807, 2.05) is 20.2 Å². The van der Waals surface area contributed by atoms with Crippen LogP contribution in [0.5, 0.6) is 0 Å². The summed E-state index contributed by atoms with van der Waals surface area (Å²) in [5.41, 5.74) is 6.43. The highest BCUT2D eigenvalue weighted by molar-refractivity contribution is 5.86. The standard InChI is InChI=1S/C12H20N4O/c1-12(13,10-4-5-10)11(17)15(2)7-9-6-14-16(3)8-9/h6,8,10H,4-5,7,13H2,1-3H3. The van der Waals surface area contributed by atoms with E-state index in [0.717, 1.165) is 18.4 Å². The molecule has 1 aromatic heterocycles. The number of carbonyl (C=O) groups is 1. The van der Waals surface area contributed by atoms with Crippen molar-refractivity contribution in [3.05, 3.63) is 18.0 Å². The van der Waals surface area contributed by atoms with Gasteiger partial charge in [0.15, 0.2) is 0 Å². The van der Waals surface area contributed by atoms with E-state index in [1.165, 1.54) is 0 Å². The summed E-state index contributed by atoms with van der Waals surface area (Å²) < 4.78 is 1.73. The summed E-state index contributed by atoms with van der Waals surface area (Å²) in [5, 5.41) is 4.09. The maximum absolute atomic E-state index is 12.2. The van der Waals surface area contributed by atoms with Crippen LogP contribution in [-0.2, 0) is 18.4 Å². The van der Waals surface area contributed by atoms with Crippen LogP contribution < -0.4 is 5.73 Å². The second-order valence-electron chi connectivity index (χ2n) is 5.24. The first-order chi connectivity index (χ1) is 7.91. The Hall–Kier alpha value is -1.36. The first-order valence-corrected chi connectivity index (χ1v) is 5.93. The van der Waals surface area contributed by atoms with Crippen LogP contribution in [0.2, 0.25) is 0 Å². The number of nitrogens with zero attached hydrogens (tertiary/aromatic N) is 3. The smallest absolute Gasteiger partial charge is 0.242 e. The number of nitrogens with two attached hydrogens (primary N) is 1. The Balaban J connectivity index is 1.99. The molecule has 0 aromatic carbocycles. The first-order valence-electron chi connectivity index (χ1n) is 5.93. The Bertz CT molecular complexity index is 420. The third kappa shape index (κ3) is 2.49. The fraction of sp³-hybridized carbons (Fsp3) is 0.667. The second-order valence-corrected chi connectivity index (χ2v) is 5.24.